The average Bonchev–Trinajstić information content (AvgIpc) is 3.19. The molecule has 7 nitrogen and oxygen atoms in total. The topological polar surface area (TPSA) is 92.8 Å². The van der Waals surface area contributed by atoms with E-state index in [4.69, 9.17) is 16.3 Å². The first kappa shape index (κ1) is 26.1. The lowest BCUT2D eigenvalue weighted by Gasteiger charge is -2.28. The molecule has 2 aliphatic rings. The van der Waals surface area contributed by atoms with Gasteiger partial charge >= 0.3 is 5.97 Å². The summed E-state index contributed by atoms with van der Waals surface area (Å²) >= 11 is 9.30. The SMILES string of the molecule is O=C(COC(=O)c1ccc(N2C(=O)[C@H]3C[C@@H](c4ccccc4)CC[C@H]3C2=O)cc1)Nc1ccc(Br)c(Cl)c1. The summed E-state index contributed by atoms with van der Waals surface area (Å²) in [7, 11) is 0. The first-order valence-corrected chi connectivity index (χ1v) is 13.4. The number of fused-ring (bicyclic) bond motifs is 1. The third-order valence-electron chi connectivity index (χ3n) is 7.10. The highest BCUT2D eigenvalue weighted by Crippen LogP contribution is 2.45. The van der Waals surface area contributed by atoms with E-state index in [-0.39, 0.29) is 35.1 Å². The van der Waals surface area contributed by atoms with Gasteiger partial charge in [0.2, 0.25) is 11.8 Å². The van der Waals surface area contributed by atoms with Crippen molar-refractivity contribution in [1.29, 1.82) is 0 Å². The van der Waals surface area contributed by atoms with Crippen molar-refractivity contribution in [3.05, 3.63) is 93.4 Å². The number of hydrogen-bond donors (Lipinski definition) is 1. The van der Waals surface area contributed by atoms with Crippen molar-refractivity contribution in [2.24, 2.45) is 11.8 Å². The van der Waals surface area contributed by atoms with E-state index in [9.17, 15) is 19.2 Å². The van der Waals surface area contributed by atoms with Gasteiger partial charge in [0.15, 0.2) is 6.61 Å². The zero-order chi connectivity index (χ0) is 26.8. The molecule has 9 heteroatoms. The number of rotatable bonds is 6. The fourth-order valence-corrected chi connectivity index (χ4v) is 5.62. The fraction of sp³-hybridized carbons (Fsp3) is 0.241. The minimum absolute atomic E-state index is 0.188. The Kier molecular flexibility index (Phi) is 7.63. The van der Waals surface area contributed by atoms with Crippen LogP contribution in [0.1, 0.15) is 41.1 Å². The van der Waals surface area contributed by atoms with E-state index in [0.717, 1.165) is 6.42 Å². The summed E-state index contributed by atoms with van der Waals surface area (Å²) in [6, 6.07) is 21.1. The predicted molar refractivity (Wildman–Crippen MR) is 147 cm³/mol. The summed E-state index contributed by atoms with van der Waals surface area (Å²) in [4.78, 5) is 52.3. The van der Waals surface area contributed by atoms with Crippen molar-refractivity contribution >= 4 is 62.6 Å². The normalized spacial score (nSPS) is 20.7. The Hall–Kier alpha value is -3.49. The number of hydrogen-bond acceptors (Lipinski definition) is 5. The van der Waals surface area contributed by atoms with Crippen molar-refractivity contribution in [2.75, 3.05) is 16.8 Å². The van der Waals surface area contributed by atoms with Gasteiger partial charge in [-0.3, -0.25) is 19.3 Å². The van der Waals surface area contributed by atoms with E-state index in [1.54, 1.807) is 30.3 Å². The van der Waals surface area contributed by atoms with Crippen LogP contribution in [0.25, 0.3) is 0 Å². The molecule has 0 bridgehead atoms. The molecule has 38 heavy (non-hydrogen) atoms. The van der Waals surface area contributed by atoms with Crippen molar-refractivity contribution in [3.8, 4) is 0 Å². The molecule has 1 saturated heterocycles. The van der Waals surface area contributed by atoms with E-state index in [0.29, 0.717) is 33.7 Å². The smallest absolute Gasteiger partial charge is 0.338 e. The Morgan fingerprint density at radius 2 is 1.66 bits per heavy atom. The van der Waals surface area contributed by atoms with Gasteiger partial charge in [-0.25, -0.2) is 4.79 Å². The number of amides is 3. The second kappa shape index (κ2) is 11.1. The summed E-state index contributed by atoms with van der Waals surface area (Å²) in [6.07, 6.45) is 2.18. The second-order valence-corrected chi connectivity index (χ2v) is 10.7. The number of carbonyl (C=O) groups is 4. The summed E-state index contributed by atoms with van der Waals surface area (Å²) in [5, 5.41) is 3.04. The maximum absolute atomic E-state index is 13.3. The maximum atomic E-state index is 13.3. The number of halogens is 2. The van der Waals surface area contributed by atoms with Crippen LogP contribution in [0.15, 0.2) is 77.3 Å². The standard InChI is InChI=1S/C29H24BrClN2O5/c30-24-13-9-20(15-25(24)31)32-26(34)16-38-29(37)18-6-10-21(11-7-18)33-27(35)22-12-8-19(14-23(22)28(33)36)17-4-2-1-3-5-17/h1-7,9-11,13,15,19,22-23H,8,12,14,16H2,(H,32,34)/t19-,22+,23-/m0/s1. The Morgan fingerprint density at radius 1 is 0.947 bits per heavy atom. The van der Waals surface area contributed by atoms with Gasteiger partial charge in [0, 0.05) is 10.2 Å². The van der Waals surface area contributed by atoms with Crippen LogP contribution in [0.5, 0.6) is 0 Å². The van der Waals surface area contributed by atoms with E-state index in [2.05, 4.69) is 33.4 Å². The number of imide groups is 1. The molecule has 0 spiro atoms. The van der Waals surface area contributed by atoms with E-state index in [1.807, 2.05) is 18.2 Å². The highest BCUT2D eigenvalue weighted by atomic mass is 79.9. The fourth-order valence-electron chi connectivity index (χ4n) is 5.19. The van der Waals surface area contributed by atoms with Gasteiger partial charge in [-0.15, -0.1) is 0 Å². The number of anilines is 2. The van der Waals surface area contributed by atoms with Gasteiger partial charge in [0.1, 0.15) is 0 Å². The Labute approximate surface area is 233 Å². The van der Waals surface area contributed by atoms with Gasteiger partial charge in [-0.1, -0.05) is 41.9 Å². The molecule has 1 saturated carbocycles. The van der Waals surface area contributed by atoms with Crippen LogP contribution in [0, 0.1) is 11.8 Å². The largest absolute Gasteiger partial charge is 0.452 e. The van der Waals surface area contributed by atoms with Crippen LogP contribution >= 0.6 is 27.5 Å². The van der Waals surface area contributed by atoms with Crippen LogP contribution in [0.2, 0.25) is 5.02 Å². The number of esters is 1. The van der Waals surface area contributed by atoms with Gasteiger partial charge in [0.05, 0.1) is 28.1 Å². The highest BCUT2D eigenvalue weighted by molar-refractivity contribution is 9.10. The van der Waals surface area contributed by atoms with E-state index in [1.165, 1.54) is 22.6 Å². The molecule has 3 atom stereocenters. The zero-order valence-corrected chi connectivity index (χ0v) is 22.6. The zero-order valence-electron chi connectivity index (χ0n) is 20.2. The van der Waals surface area contributed by atoms with Crippen LogP contribution in [0.4, 0.5) is 11.4 Å². The molecule has 1 aliphatic carbocycles. The van der Waals surface area contributed by atoms with Gasteiger partial charge in [-0.2, -0.15) is 0 Å². The van der Waals surface area contributed by atoms with Crippen molar-refractivity contribution < 1.29 is 23.9 Å². The summed E-state index contributed by atoms with van der Waals surface area (Å²) in [5.74, 6) is -2.00. The molecule has 0 unspecified atom stereocenters. The van der Waals surface area contributed by atoms with Crippen LogP contribution in [-0.2, 0) is 19.1 Å². The predicted octanol–water partition coefficient (Wildman–Crippen LogP) is 5.97. The molecule has 1 heterocycles. The number of nitrogens with one attached hydrogen (secondary N) is 1. The third-order valence-corrected chi connectivity index (χ3v) is 8.33. The van der Waals surface area contributed by atoms with Gasteiger partial charge in [0.25, 0.3) is 5.91 Å². The summed E-state index contributed by atoms with van der Waals surface area (Å²) in [6.45, 7) is -0.483. The molecule has 3 aromatic rings. The monoisotopic (exact) mass is 594 g/mol. The molecule has 1 aliphatic heterocycles. The number of nitrogens with zero attached hydrogens (tertiary/aromatic N) is 1. The third kappa shape index (κ3) is 5.37. The maximum Gasteiger partial charge on any atom is 0.338 e. The minimum Gasteiger partial charge on any atom is -0.452 e. The number of ether oxygens (including phenoxy) is 1. The Morgan fingerprint density at radius 3 is 2.37 bits per heavy atom. The molecule has 2 fully saturated rings. The van der Waals surface area contributed by atoms with Gasteiger partial charge < -0.3 is 10.1 Å². The van der Waals surface area contributed by atoms with Crippen molar-refractivity contribution in [2.45, 2.75) is 25.2 Å². The average molecular weight is 596 g/mol. The van der Waals surface area contributed by atoms with Crippen LogP contribution in [-0.4, -0.2) is 30.3 Å². The molecule has 1 N–H and O–H groups in total. The van der Waals surface area contributed by atoms with Crippen molar-refractivity contribution in [1.82, 2.24) is 0 Å². The molecule has 0 radical (unpaired) electrons. The first-order chi connectivity index (χ1) is 18.3. The van der Waals surface area contributed by atoms with Gasteiger partial charge in [-0.05, 0) is 89.1 Å². The molecule has 3 amide bonds. The van der Waals surface area contributed by atoms with E-state index < -0.39 is 18.5 Å². The molecule has 3 aromatic carbocycles. The van der Waals surface area contributed by atoms with E-state index >= 15 is 0 Å². The molecular weight excluding hydrogens is 572 g/mol. The number of benzene rings is 3. The van der Waals surface area contributed by atoms with Crippen LogP contribution in [0.3, 0.4) is 0 Å². The second-order valence-electron chi connectivity index (χ2n) is 9.45. The summed E-state index contributed by atoms with van der Waals surface area (Å²) < 4.78 is 5.81. The van der Waals surface area contributed by atoms with Crippen molar-refractivity contribution in [3.63, 3.8) is 0 Å². The first-order valence-electron chi connectivity index (χ1n) is 12.3. The Bertz CT molecular complexity index is 1400. The Balaban J connectivity index is 1.19. The highest BCUT2D eigenvalue weighted by Gasteiger charge is 2.50. The number of carbonyl (C=O) groups excluding carboxylic acids is 4. The lowest BCUT2D eigenvalue weighted by Crippen LogP contribution is -2.30. The summed E-state index contributed by atoms with van der Waals surface area (Å²) in [5.41, 5.74) is 2.29. The quantitative estimate of drug-likeness (QED) is 0.280. The molecular formula is C29H24BrClN2O5. The molecule has 194 valence electrons. The molecule has 0 aromatic heterocycles. The molecule has 5 rings (SSSR count). The minimum atomic E-state index is -0.695. The lowest BCUT2D eigenvalue weighted by atomic mass is 9.73. The van der Waals surface area contributed by atoms with Crippen LogP contribution < -0.4 is 10.2 Å². The lowest BCUT2D eigenvalue weighted by molar-refractivity contribution is -0.122.